The van der Waals surface area contributed by atoms with E-state index in [0.29, 0.717) is 39.4 Å². The molecule has 0 amide bonds. The van der Waals surface area contributed by atoms with Crippen LogP contribution in [0.25, 0.3) is 5.52 Å². The van der Waals surface area contributed by atoms with E-state index in [9.17, 15) is 0 Å². The summed E-state index contributed by atoms with van der Waals surface area (Å²) in [5.41, 5.74) is 6.97. The Labute approximate surface area is 131 Å². The minimum atomic E-state index is 0.303. The molecule has 9 heteroatoms. The van der Waals surface area contributed by atoms with Crippen molar-refractivity contribution in [1.29, 1.82) is 0 Å². The number of hydrogen-bond donors (Lipinski definition) is 3. The summed E-state index contributed by atoms with van der Waals surface area (Å²) in [4.78, 5) is 8.30. The molecule has 3 rings (SSSR count). The number of hydrogen-bond acceptors (Lipinski definition) is 7. The fourth-order valence-corrected chi connectivity index (χ4v) is 2.37. The van der Waals surface area contributed by atoms with E-state index in [4.69, 9.17) is 22.1 Å². The predicted octanol–water partition coefficient (Wildman–Crippen LogP) is 2.24. The topological polar surface area (TPSA) is 102 Å². The van der Waals surface area contributed by atoms with Crippen molar-refractivity contribution >= 4 is 34.4 Å². The molecule has 0 radical (unpaired) electrons. The molecule has 114 valence electrons. The molecule has 0 aromatic carbocycles. The number of nitrogens with zero attached hydrogens (tertiary/aromatic N) is 4. The molecule has 0 atom stereocenters. The highest BCUT2D eigenvalue weighted by Crippen LogP contribution is 2.38. The molecule has 3 aromatic rings. The quantitative estimate of drug-likeness (QED) is 0.677. The Morgan fingerprint density at radius 1 is 1.18 bits per heavy atom. The molecular formula is C13H14ClN7O. The number of fused-ring (bicyclic) bond motifs is 1. The lowest BCUT2D eigenvalue weighted by Gasteiger charge is -2.11. The molecular weight excluding hydrogens is 306 g/mol. The first-order valence-electron chi connectivity index (χ1n) is 6.45. The van der Waals surface area contributed by atoms with Crippen LogP contribution in [-0.2, 0) is 0 Å². The Balaban J connectivity index is 2.08. The summed E-state index contributed by atoms with van der Waals surface area (Å²) >= 11 is 6.29. The van der Waals surface area contributed by atoms with E-state index < -0.39 is 0 Å². The van der Waals surface area contributed by atoms with E-state index in [-0.39, 0.29) is 0 Å². The van der Waals surface area contributed by atoms with Gasteiger partial charge < -0.3 is 21.1 Å². The van der Waals surface area contributed by atoms with Crippen LogP contribution in [0.1, 0.15) is 0 Å². The van der Waals surface area contributed by atoms with E-state index in [2.05, 4.69) is 25.7 Å². The number of rotatable bonds is 4. The second-order valence-corrected chi connectivity index (χ2v) is 4.75. The molecule has 0 aliphatic rings. The molecule has 22 heavy (non-hydrogen) atoms. The highest BCUT2D eigenvalue weighted by atomic mass is 35.5. The van der Waals surface area contributed by atoms with Gasteiger partial charge in [0, 0.05) is 26.5 Å². The summed E-state index contributed by atoms with van der Waals surface area (Å²) in [7, 11) is 3.48. The number of nitrogens with one attached hydrogen (secondary N) is 2. The number of aromatic nitrogens is 4. The van der Waals surface area contributed by atoms with Crippen molar-refractivity contribution in [2.45, 2.75) is 0 Å². The van der Waals surface area contributed by atoms with Crippen molar-refractivity contribution in [3.8, 4) is 11.5 Å². The van der Waals surface area contributed by atoms with Crippen LogP contribution < -0.4 is 21.1 Å². The van der Waals surface area contributed by atoms with Gasteiger partial charge in [-0.1, -0.05) is 11.6 Å². The number of ether oxygens (including phenoxy) is 1. The van der Waals surface area contributed by atoms with Gasteiger partial charge in [-0.3, -0.25) is 0 Å². The normalized spacial score (nSPS) is 10.7. The SMILES string of the molecule is CNc1c(N)ncc(Oc2cnn3ccnc(NC)c23)c1Cl. The Hall–Kier alpha value is -2.74. The maximum atomic E-state index is 6.29. The Morgan fingerprint density at radius 3 is 2.73 bits per heavy atom. The van der Waals surface area contributed by atoms with Crippen molar-refractivity contribution in [2.24, 2.45) is 0 Å². The second-order valence-electron chi connectivity index (χ2n) is 4.38. The van der Waals surface area contributed by atoms with Crippen LogP contribution in [0.3, 0.4) is 0 Å². The predicted molar refractivity (Wildman–Crippen MR) is 85.8 cm³/mol. The number of pyridine rings is 1. The van der Waals surface area contributed by atoms with Crippen LogP contribution in [-0.4, -0.2) is 33.7 Å². The van der Waals surface area contributed by atoms with Gasteiger partial charge >= 0.3 is 0 Å². The third-order valence-corrected chi connectivity index (χ3v) is 3.49. The molecule has 0 fully saturated rings. The Kier molecular flexibility index (Phi) is 3.60. The van der Waals surface area contributed by atoms with Crippen LogP contribution in [0, 0.1) is 0 Å². The summed E-state index contributed by atoms with van der Waals surface area (Å²) < 4.78 is 7.51. The Bertz CT molecular complexity index is 833. The summed E-state index contributed by atoms with van der Waals surface area (Å²) in [5.74, 6) is 1.83. The van der Waals surface area contributed by atoms with Gasteiger partial charge in [0.25, 0.3) is 0 Å². The van der Waals surface area contributed by atoms with Crippen LogP contribution >= 0.6 is 11.6 Å². The molecule has 0 bridgehead atoms. The van der Waals surface area contributed by atoms with Gasteiger partial charge in [-0.25, -0.2) is 14.5 Å². The highest BCUT2D eigenvalue weighted by Gasteiger charge is 2.16. The van der Waals surface area contributed by atoms with E-state index in [1.807, 2.05) is 0 Å². The first-order chi connectivity index (χ1) is 10.7. The average Bonchev–Trinajstić information content (AvgIpc) is 2.94. The Morgan fingerprint density at radius 2 is 2.00 bits per heavy atom. The van der Waals surface area contributed by atoms with Crippen LogP contribution in [0.5, 0.6) is 11.5 Å². The fraction of sp³-hybridized carbons (Fsp3) is 0.154. The summed E-state index contributed by atoms with van der Waals surface area (Å²) in [6.45, 7) is 0. The number of nitrogens with two attached hydrogens (primary N) is 1. The molecule has 3 heterocycles. The fourth-order valence-electron chi connectivity index (χ4n) is 2.09. The minimum absolute atomic E-state index is 0.303. The monoisotopic (exact) mass is 319 g/mol. The number of anilines is 3. The zero-order chi connectivity index (χ0) is 15.7. The van der Waals surface area contributed by atoms with E-state index >= 15 is 0 Å². The van der Waals surface area contributed by atoms with Gasteiger partial charge in [-0.15, -0.1) is 0 Å². The largest absolute Gasteiger partial charge is 0.450 e. The molecule has 0 spiro atoms. The third-order valence-electron chi connectivity index (χ3n) is 3.12. The molecule has 0 aliphatic heterocycles. The number of nitrogen functional groups attached to an aromatic ring is 1. The zero-order valence-corrected chi connectivity index (χ0v) is 12.7. The van der Waals surface area contributed by atoms with Crippen molar-refractivity contribution in [3.05, 3.63) is 29.8 Å². The van der Waals surface area contributed by atoms with E-state index in [1.165, 1.54) is 6.20 Å². The summed E-state index contributed by atoms with van der Waals surface area (Å²) in [6.07, 6.45) is 6.43. The lowest BCUT2D eigenvalue weighted by atomic mass is 10.3. The summed E-state index contributed by atoms with van der Waals surface area (Å²) in [6, 6.07) is 0. The molecule has 3 aromatic heterocycles. The molecule has 8 nitrogen and oxygen atoms in total. The third kappa shape index (κ3) is 2.23. The van der Waals surface area contributed by atoms with E-state index in [0.717, 1.165) is 0 Å². The molecule has 4 N–H and O–H groups in total. The summed E-state index contributed by atoms with van der Waals surface area (Å²) in [5, 5.41) is 10.5. The lowest BCUT2D eigenvalue weighted by Crippen LogP contribution is -2.01. The van der Waals surface area contributed by atoms with Gasteiger partial charge in [0.1, 0.15) is 10.8 Å². The van der Waals surface area contributed by atoms with Gasteiger partial charge in [0.15, 0.2) is 22.8 Å². The minimum Gasteiger partial charge on any atom is -0.450 e. The van der Waals surface area contributed by atoms with Crippen LogP contribution in [0.15, 0.2) is 24.8 Å². The maximum Gasteiger partial charge on any atom is 0.177 e. The highest BCUT2D eigenvalue weighted by molar-refractivity contribution is 6.35. The first-order valence-corrected chi connectivity index (χ1v) is 6.83. The van der Waals surface area contributed by atoms with Crippen molar-refractivity contribution < 1.29 is 4.74 Å². The molecule has 0 unspecified atom stereocenters. The molecule has 0 saturated heterocycles. The van der Waals surface area contributed by atoms with E-state index in [1.54, 1.807) is 37.2 Å². The average molecular weight is 320 g/mol. The lowest BCUT2D eigenvalue weighted by molar-refractivity contribution is 0.486. The van der Waals surface area contributed by atoms with Crippen molar-refractivity contribution in [2.75, 3.05) is 30.5 Å². The van der Waals surface area contributed by atoms with Crippen molar-refractivity contribution in [3.63, 3.8) is 0 Å². The van der Waals surface area contributed by atoms with Gasteiger partial charge in [0.05, 0.1) is 18.1 Å². The molecule has 0 aliphatic carbocycles. The van der Waals surface area contributed by atoms with Crippen LogP contribution in [0.4, 0.5) is 17.3 Å². The first kappa shape index (κ1) is 14.2. The van der Waals surface area contributed by atoms with Crippen molar-refractivity contribution in [1.82, 2.24) is 19.6 Å². The smallest absolute Gasteiger partial charge is 0.177 e. The van der Waals surface area contributed by atoms with Gasteiger partial charge in [-0.2, -0.15) is 5.10 Å². The number of halogens is 1. The standard InChI is InChI=1S/C13H14ClN7O/c1-16-10-9(14)7(5-19-12(10)15)22-8-6-20-21-4-3-18-13(17-2)11(8)21/h3-6,16H,1-2H3,(H2,15,19)(H,17,18). The molecule has 0 saturated carbocycles. The van der Waals surface area contributed by atoms with Gasteiger partial charge in [-0.05, 0) is 0 Å². The maximum absolute atomic E-state index is 6.29. The second kappa shape index (κ2) is 5.57. The van der Waals surface area contributed by atoms with Gasteiger partial charge in [0.2, 0.25) is 0 Å². The zero-order valence-electron chi connectivity index (χ0n) is 12.0. The van der Waals surface area contributed by atoms with Crippen LogP contribution in [0.2, 0.25) is 5.02 Å².